The Morgan fingerprint density at radius 2 is 1.80 bits per heavy atom. The SMILES string of the molecule is Cc1ccc(Cn2ccc(NC(=S)Nc3ccc(Cl)c(Cl)c3)n2)cc1. The Bertz CT molecular complexity index is 890. The predicted octanol–water partition coefficient (Wildman–Crippen LogP) is 5.36. The van der Waals surface area contributed by atoms with Crippen molar-refractivity contribution in [3.63, 3.8) is 0 Å². The Labute approximate surface area is 161 Å². The van der Waals surface area contributed by atoms with E-state index in [4.69, 9.17) is 35.4 Å². The number of halogens is 2. The standard InChI is InChI=1S/C18H16Cl2N4S/c1-12-2-4-13(5-3-12)11-24-9-8-17(23-24)22-18(25)21-14-6-7-15(19)16(20)10-14/h2-10H,11H2,1H3,(H2,21,22,23,25). The second-order valence-corrected chi connectivity index (χ2v) is 6.81. The molecule has 0 saturated heterocycles. The molecule has 0 aliphatic carbocycles. The van der Waals surface area contributed by atoms with Crippen LogP contribution in [-0.4, -0.2) is 14.9 Å². The topological polar surface area (TPSA) is 41.9 Å². The smallest absolute Gasteiger partial charge is 0.176 e. The minimum atomic E-state index is 0.430. The van der Waals surface area contributed by atoms with Crippen LogP contribution in [0.2, 0.25) is 10.0 Å². The van der Waals surface area contributed by atoms with E-state index < -0.39 is 0 Å². The zero-order valence-corrected chi connectivity index (χ0v) is 15.8. The van der Waals surface area contributed by atoms with Crippen LogP contribution in [-0.2, 0) is 6.54 Å². The van der Waals surface area contributed by atoms with Crippen molar-refractivity contribution in [1.29, 1.82) is 0 Å². The van der Waals surface area contributed by atoms with Crippen LogP contribution in [0.3, 0.4) is 0 Å². The molecule has 0 aliphatic heterocycles. The number of anilines is 2. The fourth-order valence-corrected chi connectivity index (χ4v) is 2.77. The Kier molecular flexibility index (Phi) is 5.58. The largest absolute Gasteiger partial charge is 0.332 e. The number of aromatic nitrogens is 2. The van der Waals surface area contributed by atoms with Crippen molar-refractivity contribution in [3.05, 3.63) is 75.9 Å². The van der Waals surface area contributed by atoms with E-state index in [0.717, 1.165) is 5.69 Å². The summed E-state index contributed by atoms with van der Waals surface area (Å²) in [5, 5.41) is 12.0. The van der Waals surface area contributed by atoms with Crippen molar-refractivity contribution in [2.45, 2.75) is 13.5 Å². The lowest BCUT2D eigenvalue weighted by Gasteiger charge is -2.09. The van der Waals surface area contributed by atoms with Gasteiger partial charge in [-0.25, -0.2) is 0 Å². The Morgan fingerprint density at radius 3 is 2.52 bits per heavy atom. The van der Waals surface area contributed by atoms with Crippen LogP contribution in [0.25, 0.3) is 0 Å². The summed E-state index contributed by atoms with van der Waals surface area (Å²) in [7, 11) is 0. The normalized spacial score (nSPS) is 10.5. The molecular weight excluding hydrogens is 375 g/mol. The molecule has 4 nitrogen and oxygen atoms in total. The summed E-state index contributed by atoms with van der Waals surface area (Å²) in [6, 6.07) is 15.5. The number of benzene rings is 2. The van der Waals surface area contributed by atoms with Crippen LogP contribution < -0.4 is 10.6 Å². The predicted molar refractivity (Wildman–Crippen MR) is 109 cm³/mol. The number of nitrogens with one attached hydrogen (secondary N) is 2. The zero-order chi connectivity index (χ0) is 17.8. The summed E-state index contributed by atoms with van der Waals surface area (Å²) in [6.07, 6.45) is 1.91. The highest BCUT2D eigenvalue weighted by Gasteiger charge is 2.05. The van der Waals surface area contributed by atoms with Gasteiger partial charge in [0.1, 0.15) is 0 Å². The van der Waals surface area contributed by atoms with Crippen LogP contribution in [0.5, 0.6) is 0 Å². The van der Waals surface area contributed by atoms with Crippen molar-refractivity contribution in [2.75, 3.05) is 10.6 Å². The van der Waals surface area contributed by atoms with Crippen LogP contribution in [0, 0.1) is 6.92 Å². The van der Waals surface area contributed by atoms with Crippen LogP contribution in [0.4, 0.5) is 11.5 Å². The molecule has 1 aromatic heterocycles. The maximum absolute atomic E-state index is 6.00. The molecule has 0 aliphatic rings. The Balaban J connectivity index is 1.59. The average molecular weight is 391 g/mol. The summed E-state index contributed by atoms with van der Waals surface area (Å²) in [4.78, 5) is 0. The first kappa shape index (κ1) is 17.7. The van der Waals surface area contributed by atoms with Crippen LogP contribution in [0.1, 0.15) is 11.1 Å². The monoisotopic (exact) mass is 390 g/mol. The third-order valence-corrected chi connectivity index (χ3v) is 4.47. The first-order valence-electron chi connectivity index (χ1n) is 7.62. The van der Waals surface area contributed by atoms with Gasteiger partial charge in [-0.3, -0.25) is 4.68 Å². The molecule has 128 valence electrons. The van der Waals surface area contributed by atoms with Gasteiger partial charge in [-0.2, -0.15) is 5.10 Å². The van der Waals surface area contributed by atoms with E-state index >= 15 is 0 Å². The zero-order valence-electron chi connectivity index (χ0n) is 13.5. The lowest BCUT2D eigenvalue weighted by molar-refractivity contribution is 0.690. The number of thiocarbonyl (C=S) groups is 1. The first-order chi connectivity index (χ1) is 12.0. The van der Waals surface area contributed by atoms with Crippen molar-refractivity contribution in [2.24, 2.45) is 0 Å². The molecule has 0 radical (unpaired) electrons. The average Bonchev–Trinajstić information content (AvgIpc) is 3.00. The third-order valence-electron chi connectivity index (χ3n) is 3.52. The molecular formula is C18H16Cl2N4S. The van der Waals surface area contributed by atoms with Gasteiger partial charge in [0.15, 0.2) is 10.9 Å². The minimum Gasteiger partial charge on any atom is -0.332 e. The molecule has 0 amide bonds. The molecule has 0 atom stereocenters. The van der Waals surface area contributed by atoms with Crippen LogP contribution in [0.15, 0.2) is 54.7 Å². The molecule has 2 N–H and O–H groups in total. The molecule has 2 aromatic carbocycles. The number of hydrogen-bond donors (Lipinski definition) is 2. The van der Waals surface area contributed by atoms with Crippen molar-refractivity contribution in [1.82, 2.24) is 9.78 Å². The van der Waals surface area contributed by atoms with E-state index in [1.807, 2.05) is 16.9 Å². The van der Waals surface area contributed by atoms with E-state index in [9.17, 15) is 0 Å². The van der Waals surface area contributed by atoms with Gasteiger partial charge >= 0.3 is 0 Å². The maximum atomic E-state index is 6.00. The summed E-state index contributed by atoms with van der Waals surface area (Å²) >= 11 is 17.2. The highest BCUT2D eigenvalue weighted by molar-refractivity contribution is 7.80. The molecule has 3 aromatic rings. The van der Waals surface area contributed by atoms with E-state index in [2.05, 4.69) is 46.9 Å². The lowest BCUT2D eigenvalue weighted by atomic mass is 10.1. The molecule has 25 heavy (non-hydrogen) atoms. The van der Waals surface area contributed by atoms with Gasteiger partial charge in [0.2, 0.25) is 0 Å². The molecule has 0 bridgehead atoms. The number of hydrogen-bond acceptors (Lipinski definition) is 2. The van der Waals surface area contributed by atoms with E-state index in [-0.39, 0.29) is 0 Å². The van der Waals surface area contributed by atoms with Gasteiger partial charge in [0, 0.05) is 18.0 Å². The highest BCUT2D eigenvalue weighted by Crippen LogP contribution is 2.25. The molecule has 0 spiro atoms. The van der Waals surface area contributed by atoms with Gasteiger partial charge in [-0.1, -0.05) is 53.0 Å². The molecule has 0 saturated carbocycles. The van der Waals surface area contributed by atoms with Gasteiger partial charge in [-0.15, -0.1) is 0 Å². The van der Waals surface area contributed by atoms with Crippen molar-refractivity contribution in [3.8, 4) is 0 Å². The summed E-state index contributed by atoms with van der Waals surface area (Å²) < 4.78 is 1.86. The molecule has 7 heteroatoms. The Morgan fingerprint density at radius 1 is 1.04 bits per heavy atom. The molecule has 3 rings (SSSR count). The second-order valence-electron chi connectivity index (χ2n) is 5.59. The van der Waals surface area contributed by atoms with E-state index in [1.54, 1.807) is 18.2 Å². The third kappa shape index (κ3) is 4.95. The maximum Gasteiger partial charge on any atom is 0.176 e. The first-order valence-corrected chi connectivity index (χ1v) is 8.78. The van der Waals surface area contributed by atoms with Gasteiger partial charge < -0.3 is 10.6 Å². The van der Waals surface area contributed by atoms with Gasteiger partial charge in [0.05, 0.1) is 16.6 Å². The summed E-state index contributed by atoms with van der Waals surface area (Å²) in [6.45, 7) is 2.77. The fraction of sp³-hybridized carbons (Fsp3) is 0.111. The lowest BCUT2D eigenvalue weighted by Crippen LogP contribution is -2.19. The number of nitrogens with zero attached hydrogens (tertiary/aromatic N) is 2. The molecule has 0 fully saturated rings. The van der Waals surface area contributed by atoms with Gasteiger partial charge in [-0.05, 0) is 42.9 Å². The highest BCUT2D eigenvalue weighted by atomic mass is 35.5. The molecule has 0 unspecified atom stereocenters. The van der Waals surface area contributed by atoms with Crippen LogP contribution >= 0.6 is 35.4 Å². The summed E-state index contributed by atoms with van der Waals surface area (Å²) in [5.74, 6) is 0.671. The summed E-state index contributed by atoms with van der Waals surface area (Å²) in [5.41, 5.74) is 3.19. The second kappa shape index (κ2) is 7.87. The Hall–Kier alpha value is -2.08. The quantitative estimate of drug-likeness (QED) is 0.588. The molecule has 1 heterocycles. The van der Waals surface area contributed by atoms with Crippen molar-refractivity contribution < 1.29 is 0 Å². The van der Waals surface area contributed by atoms with Gasteiger partial charge in [0.25, 0.3) is 0 Å². The van der Waals surface area contributed by atoms with Crippen molar-refractivity contribution >= 4 is 52.0 Å². The van der Waals surface area contributed by atoms with E-state index in [1.165, 1.54) is 11.1 Å². The minimum absolute atomic E-state index is 0.430. The number of aryl methyl sites for hydroxylation is 1. The van der Waals surface area contributed by atoms with E-state index in [0.29, 0.717) is 27.5 Å². The number of rotatable bonds is 4. The fourth-order valence-electron chi connectivity index (χ4n) is 2.25.